The van der Waals surface area contributed by atoms with Crippen LogP contribution in [-0.2, 0) is 4.74 Å². The van der Waals surface area contributed by atoms with Crippen molar-refractivity contribution in [2.24, 2.45) is 5.92 Å². The van der Waals surface area contributed by atoms with Crippen molar-refractivity contribution in [2.45, 2.75) is 19.4 Å². The second-order valence-corrected chi connectivity index (χ2v) is 4.64. The van der Waals surface area contributed by atoms with Crippen LogP contribution in [0.4, 0.5) is 0 Å². The van der Waals surface area contributed by atoms with Crippen LogP contribution in [0.15, 0.2) is 10.8 Å². The minimum absolute atomic E-state index is 0.476. The van der Waals surface area contributed by atoms with Gasteiger partial charge in [0.1, 0.15) is 0 Å². The average Bonchev–Trinajstić information content (AvgIpc) is 2.80. The van der Waals surface area contributed by atoms with Crippen LogP contribution in [-0.4, -0.2) is 20.3 Å². The van der Waals surface area contributed by atoms with Crippen molar-refractivity contribution in [3.8, 4) is 0 Å². The lowest BCUT2D eigenvalue weighted by molar-refractivity contribution is 0.178. The molecule has 0 bridgehead atoms. The smallest absolute Gasteiger partial charge is 0.0513 e. The fourth-order valence-corrected chi connectivity index (χ4v) is 3.04. The molecule has 2 heterocycles. The highest BCUT2D eigenvalue weighted by atomic mass is 32.1. The van der Waals surface area contributed by atoms with Crippen LogP contribution in [0.1, 0.15) is 23.6 Å². The molecule has 14 heavy (non-hydrogen) atoms. The lowest BCUT2D eigenvalue weighted by Crippen LogP contribution is -2.25. The highest BCUT2D eigenvalue weighted by Crippen LogP contribution is 2.31. The number of aryl methyl sites for hydroxylation is 1. The van der Waals surface area contributed by atoms with E-state index in [4.69, 9.17) is 4.74 Å². The van der Waals surface area contributed by atoms with Crippen molar-refractivity contribution < 1.29 is 4.74 Å². The number of hydrogen-bond acceptors (Lipinski definition) is 3. The normalized spacial score (nSPS) is 24.0. The molecule has 0 spiro atoms. The number of ether oxygens (including phenoxy) is 1. The Hall–Kier alpha value is -0.380. The van der Waals surface area contributed by atoms with Crippen LogP contribution in [0.2, 0.25) is 0 Å². The van der Waals surface area contributed by atoms with Gasteiger partial charge in [0.2, 0.25) is 0 Å². The van der Waals surface area contributed by atoms with Gasteiger partial charge >= 0.3 is 0 Å². The van der Waals surface area contributed by atoms with Crippen molar-refractivity contribution in [3.05, 3.63) is 21.9 Å². The summed E-state index contributed by atoms with van der Waals surface area (Å²) in [4.78, 5) is 0. The van der Waals surface area contributed by atoms with Crippen molar-refractivity contribution >= 4 is 11.3 Å². The van der Waals surface area contributed by atoms with Crippen LogP contribution in [0.5, 0.6) is 0 Å². The Morgan fingerprint density at radius 1 is 1.57 bits per heavy atom. The van der Waals surface area contributed by atoms with E-state index in [0.717, 1.165) is 13.2 Å². The van der Waals surface area contributed by atoms with Gasteiger partial charge in [-0.25, -0.2) is 0 Å². The molecule has 1 fully saturated rings. The maximum absolute atomic E-state index is 5.44. The van der Waals surface area contributed by atoms with Crippen LogP contribution in [0.25, 0.3) is 0 Å². The molecule has 3 heteroatoms. The van der Waals surface area contributed by atoms with Gasteiger partial charge in [0.25, 0.3) is 0 Å². The molecule has 1 aromatic heterocycles. The Labute approximate surface area is 89.3 Å². The molecule has 1 N–H and O–H groups in total. The first-order valence-corrected chi connectivity index (χ1v) is 6.05. The van der Waals surface area contributed by atoms with Gasteiger partial charge in [-0.05, 0) is 42.3 Å². The van der Waals surface area contributed by atoms with Gasteiger partial charge in [-0.3, -0.25) is 0 Å². The van der Waals surface area contributed by atoms with Crippen LogP contribution < -0.4 is 5.32 Å². The predicted octanol–water partition coefficient (Wildman–Crippen LogP) is 2.35. The third kappa shape index (κ3) is 1.85. The molecule has 2 nitrogen and oxygen atoms in total. The summed E-state index contributed by atoms with van der Waals surface area (Å²) in [5.41, 5.74) is 2.86. The zero-order chi connectivity index (χ0) is 9.97. The summed E-state index contributed by atoms with van der Waals surface area (Å²) in [5.74, 6) is 0.647. The Kier molecular flexibility index (Phi) is 3.21. The second kappa shape index (κ2) is 4.43. The standard InChI is InChI=1S/C11H17NOS/c1-8-6-14-7-10(8)11(12-2)9-3-4-13-5-9/h6-7,9,11-12H,3-5H2,1-2H3. The molecular formula is C11H17NOS. The topological polar surface area (TPSA) is 21.3 Å². The lowest BCUT2D eigenvalue weighted by atomic mass is 9.92. The van der Waals surface area contributed by atoms with Crippen LogP contribution >= 0.6 is 11.3 Å². The van der Waals surface area contributed by atoms with Gasteiger partial charge in [-0.2, -0.15) is 11.3 Å². The molecule has 0 aliphatic carbocycles. The minimum atomic E-state index is 0.476. The molecule has 1 aliphatic heterocycles. The van der Waals surface area contributed by atoms with E-state index in [1.807, 2.05) is 7.05 Å². The zero-order valence-corrected chi connectivity index (χ0v) is 9.56. The Morgan fingerprint density at radius 2 is 2.43 bits per heavy atom. The summed E-state index contributed by atoms with van der Waals surface area (Å²) >= 11 is 1.79. The van der Waals surface area contributed by atoms with E-state index in [1.165, 1.54) is 17.5 Å². The Bertz CT molecular complexity index is 291. The summed E-state index contributed by atoms with van der Waals surface area (Å²) in [6.45, 7) is 4.01. The van der Waals surface area contributed by atoms with Gasteiger partial charge in [0.05, 0.1) is 6.61 Å². The number of rotatable bonds is 3. The highest BCUT2D eigenvalue weighted by Gasteiger charge is 2.26. The van der Waals surface area contributed by atoms with Gasteiger partial charge in [-0.1, -0.05) is 0 Å². The molecule has 1 aromatic rings. The van der Waals surface area contributed by atoms with E-state index >= 15 is 0 Å². The largest absolute Gasteiger partial charge is 0.381 e. The van der Waals surface area contributed by atoms with E-state index in [0.29, 0.717) is 12.0 Å². The molecule has 2 atom stereocenters. The molecule has 0 saturated carbocycles. The van der Waals surface area contributed by atoms with Crippen molar-refractivity contribution in [1.29, 1.82) is 0 Å². The molecular weight excluding hydrogens is 194 g/mol. The molecule has 0 aromatic carbocycles. The van der Waals surface area contributed by atoms with E-state index in [9.17, 15) is 0 Å². The summed E-state index contributed by atoms with van der Waals surface area (Å²) in [7, 11) is 2.04. The number of nitrogens with one attached hydrogen (secondary N) is 1. The van der Waals surface area contributed by atoms with Crippen molar-refractivity contribution in [3.63, 3.8) is 0 Å². The van der Waals surface area contributed by atoms with E-state index in [1.54, 1.807) is 11.3 Å². The zero-order valence-electron chi connectivity index (χ0n) is 8.75. The quantitative estimate of drug-likeness (QED) is 0.828. The molecule has 0 radical (unpaired) electrons. The lowest BCUT2D eigenvalue weighted by Gasteiger charge is -2.21. The second-order valence-electron chi connectivity index (χ2n) is 3.90. The first-order valence-electron chi connectivity index (χ1n) is 5.10. The molecule has 2 rings (SSSR count). The first-order chi connectivity index (χ1) is 6.83. The molecule has 78 valence electrons. The molecule has 1 aliphatic rings. The van der Waals surface area contributed by atoms with Gasteiger partial charge < -0.3 is 10.1 Å². The molecule has 0 amide bonds. The van der Waals surface area contributed by atoms with E-state index in [2.05, 4.69) is 23.0 Å². The monoisotopic (exact) mass is 211 g/mol. The molecule has 2 unspecified atom stereocenters. The summed E-state index contributed by atoms with van der Waals surface area (Å²) in [6, 6.07) is 0.476. The Morgan fingerprint density at radius 3 is 2.93 bits per heavy atom. The summed E-state index contributed by atoms with van der Waals surface area (Å²) in [5, 5.41) is 7.89. The molecule has 1 saturated heterocycles. The van der Waals surface area contributed by atoms with E-state index in [-0.39, 0.29) is 0 Å². The summed E-state index contributed by atoms with van der Waals surface area (Å²) < 4.78 is 5.44. The third-order valence-corrected chi connectivity index (χ3v) is 3.86. The van der Waals surface area contributed by atoms with E-state index < -0.39 is 0 Å². The fraction of sp³-hybridized carbons (Fsp3) is 0.636. The number of hydrogen-bond donors (Lipinski definition) is 1. The number of thiophene rings is 1. The minimum Gasteiger partial charge on any atom is -0.381 e. The van der Waals surface area contributed by atoms with Crippen molar-refractivity contribution in [1.82, 2.24) is 5.32 Å². The maximum atomic E-state index is 5.44. The van der Waals surface area contributed by atoms with Crippen LogP contribution in [0, 0.1) is 12.8 Å². The average molecular weight is 211 g/mol. The maximum Gasteiger partial charge on any atom is 0.0513 e. The predicted molar refractivity (Wildman–Crippen MR) is 59.8 cm³/mol. The highest BCUT2D eigenvalue weighted by molar-refractivity contribution is 7.08. The summed E-state index contributed by atoms with van der Waals surface area (Å²) in [6.07, 6.45) is 1.18. The first kappa shape index (κ1) is 10.1. The SMILES string of the molecule is CNC(c1cscc1C)C1CCOC1. The van der Waals surface area contributed by atoms with Crippen LogP contribution in [0.3, 0.4) is 0 Å². The van der Waals surface area contributed by atoms with Gasteiger partial charge in [0, 0.05) is 18.6 Å². The van der Waals surface area contributed by atoms with Gasteiger partial charge in [0.15, 0.2) is 0 Å². The third-order valence-electron chi connectivity index (χ3n) is 2.98. The fourth-order valence-electron chi connectivity index (χ4n) is 2.15. The van der Waals surface area contributed by atoms with Gasteiger partial charge in [-0.15, -0.1) is 0 Å². The van der Waals surface area contributed by atoms with Crippen molar-refractivity contribution in [2.75, 3.05) is 20.3 Å². The Balaban J connectivity index is 2.16.